The molecule has 0 bridgehead atoms. The predicted octanol–water partition coefficient (Wildman–Crippen LogP) is 2.26. The van der Waals surface area contributed by atoms with Crippen LogP contribution in [0.4, 0.5) is 8.78 Å². The first-order valence-electron chi connectivity index (χ1n) is 7.93. The summed E-state index contributed by atoms with van der Waals surface area (Å²) in [4.78, 5) is 27.3. The third-order valence-corrected chi connectivity index (χ3v) is 4.66. The number of carbonyl (C=O) groups excluding carboxylic acids is 2. The molecule has 124 valence electrons. The maximum atomic E-state index is 13.1. The van der Waals surface area contributed by atoms with Gasteiger partial charge in [-0.2, -0.15) is 0 Å². The number of hydrogen-bond donors (Lipinski definition) is 0. The van der Waals surface area contributed by atoms with E-state index >= 15 is 0 Å². The van der Waals surface area contributed by atoms with Crippen LogP contribution in [0.1, 0.15) is 30.7 Å². The molecule has 1 atom stereocenters. The summed E-state index contributed by atoms with van der Waals surface area (Å²) < 4.78 is 26.3. The highest BCUT2D eigenvalue weighted by Crippen LogP contribution is 2.29. The second kappa shape index (κ2) is 6.26. The van der Waals surface area contributed by atoms with E-state index in [4.69, 9.17) is 0 Å². The molecule has 2 aliphatic heterocycles. The molecule has 2 amide bonds. The molecule has 0 N–H and O–H groups in total. The van der Waals surface area contributed by atoms with Crippen molar-refractivity contribution in [1.82, 2.24) is 9.80 Å². The molecule has 2 heterocycles. The Morgan fingerprint density at radius 2 is 1.83 bits per heavy atom. The van der Waals surface area contributed by atoms with Gasteiger partial charge in [0.05, 0.1) is 6.54 Å². The summed E-state index contributed by atoms with van der Waals surface area (Å²) in [5, 5.41) is 0. The number of rotatable bonds is 3. The molecule has 1 aromatic carbocycles. The Kier molecular flexibility index (Phi) is 4.33. The van der Waals surface area contributed by atoms with Crippen molar-refractivity contribution >= 4 is 11.8 Å². The summed E-state index contributed by atoms with van der Waals surface area (Å²) in [5.74, 6) is -2.85. The predicted molar refractivity (Wildman–Crippen MR) is 81.1 cm³/mol. The maximum Gasteiger partial charge on any atom is 0.251 e. The van der Waals surface area contributed by atoms with Crippen LogP contribution in [0.15, 0.2) is 30.3 Å². The first kappa shape index (κ1) is 15.9. The quantitative estimate of drug-likeness (QED) is 0.856. The Hall–Kier alpha value is -1.98. The number of halogens is 2. The molecule has 2 aliphatic rings. The van der Waals surface area contributed by atoms with Gasteiger partial charge in [0, 0.05) is 44.8 Å². The Bertz CT molecular complexity index is 582. The smallest absolute Gasteiger partial charge is 0.251 e. The van der Waals surface area contributed by atoms with Crippen molar-refractivity contribution in [1.29, 1.82) is 0 Å². The highest BCUT2D eigenvalue weighted by Gasteiger charge is 2.37. The lowest BCUT2D eigenvalue weighted by atomic mass is 9.99. The van der Waals surface area contributed by atoms with Gasteiger partial charge in [-0.05, 0) is 5.56 Å². The van der Waals surface area contributed by atoms with E-state index < -0.39 is 5.92 Å². The average Bonchev–Trinajstić information content (AvgIpc) is 2.89. The maximum absolute atomic E-state index is 13.1. The molecule has 23 heavy (non-hydrogen) atoms. The molecule has 1 aromatic rings. The monoisotopic (exact) mass is 322 g/mol. The first-order valence-corrected chi connectivity index (χ1v) is 7.93. The largest absolute Gasteiger partial charge is 0.341 e. The van der Waals surface area contributed by atoms with Crippen molar-refractivity contribution in [3.05, 3.63) is 35.9 Å². The van der Waals surface area contributed by atoms with E-state index in [0.29, 0.717) is 13.0 Å². The van der Waals surface area contributed by atoms with Crippen LogP contribution < -0.4 is 0 Å². The van der Waals surface area contributed by atoms with E-state index in [1.54, 1.807) is 4.90 Å². The van der Waals surface area contributed by atoms with E-state index in [2.05, 4.69) is 0 Å². The number of benzene rings is 1. The summed E-state index contributed by atoms with van der Waals surface area (Å²) in [5.41, 5.74) is 1.09. The van der Waals surface area contributed by atoms with Gasteiger partial charge in [-0.25, -0.2) is 8.78 Å². The van der Waals surface area contributed by atoms with Crippen molar-refractivity contribution in [2.75, 3.05) is 26.2 Å². The SMILES string of the molecule is O=C(CN1C[C@H](c2ccccc2)CC1=O)N1CCC(F)(F)CC1. The second-order valence-corrected chi connectivity index (χ2v) is 6.32. The first-order chi connectivity index (χ1) is 10.9. The number of carbonyl (C=O) groups is 2. The fourth-order valence-corrected chi connectivity index (χ4v) is 3.22. The van der Waals surface area contributed by atoms with Gasteiger partial charge in [-0.1, -0.05) is 30.3 Å². The molecule has 3 rings (SSSR count). The van der Waals surface area contributed by atoms with Crippen molar-refractivity contribution in [2.45, 2.75) is 31.1 Å². The van der Waals surface area contributed by atoms with Gasteiger partial charge in [0.15, 0.2) is 0 Å². The van der Waals surface area contributed by atoms with E-state index in [0.717, 1.165) is 5.56 Å². The molecule has 0 aromatic heterocycles. The Morgan fingerprint density at radius 3 is 2.48 bits per heavy atom. The standard InChI is InChI=1S/C17H20F2N2O2/c18-17(19)6-8-20(9-7-17)16(23)12-21-11-14(10-15(21)22)13-4-2-1-3-5-13/h1-5,14H,6-12H2/t14-/m1/s1. The topological polar surface area (TPSA) is 40.6 Å². The van der Waals surface area contributed by atoms with E-state index in [9.17, 15) is 18.4 Å². The summed E-state index contributed by atoms with van der Waals surface area (Å²) in [7, 11) is 0. The Labute approximate surface area is 134 Å². The highest BCUT2D eigenvalue weighted by molar-refractivity contribution is 5.86. The fraction of sp³-hybridized carbons (Fsp3) is 0.529. The third-order valence-electron chi connectivity index (χ3n) is 4.66. The average molecular weight is 322 g/mol. The van der Waals surface area contributed by atoms with Crippen LogP contribution >= 0.6 is 0 Å². The molecule has 4 nitrogen and oxygen atoms in total. The normalized spacial score (nSPS) is 24.1. The minimum Gasteiger partial charge on any atom is -0.341 e. The molecule has 0 spiro atoms. The summed E-state index contributed by atoms with van der Waals surface area (Å²) >= 11 is 0. The zero-order chi connectivity index (χ0) is 16.4. The zero-order valence-corrected chi connectivity index (χ0v) is 12.9. The van der Waals surface area contributed by atoms with Gasteiger partial charge in [-0.3, -0.25) is 9.59 Å². The van der Waals surface area contributed by atoms with Crippen molar-refractivity contribution in [3.8, 4) is 0 Å². The van der Waals surface area contributed by atoms with Crippen molar-refractivity contribution in [2.24, 2.45) is 0 Å². The van der Waals surface area contributed by atoms with Gasteiger partial charge in [-0.15, -0.1) is 0 Å². The van der Waals surface area contributed by atoms with E-state index in [-0.39, 0.29) is 50.2 Å². The van der Waals surface area contributed by atoms with E-state index in [1.807, 2.05) is 30.3 Å². The van der Waals surface area contributed by atoms with E-state index in [1.165, 1.54) is 4.90 Å². The van der Waals surface area contributed by atoms with Crippen molar-refractivity contribution in [3.63, 3.8) is 0 Å². The third kappa shape index (κ3) is 3.68. The number of likely N-dealkylation sites (tertiary alicyclic amines) is 2. The van der Waals surface area contributed by atoms with Crippen LogP contribution in [0.3, 0.4) is 0 Å². The minimum absolute atomic E-state index is 0.00621. The van der Waals surface area contributed by atoms with Crippen LogP contribution in [-0.4, -0.2) is 53.7 Å². The fourth-order valence-electron chi connectivity index (χ4n) is 3.22. The molecule has 0 unspecified atom stereocenters. The van der Waals surface area contributed by atoms with Gasteiger partial charge in [0.25, 0.3) is 5.92 Å². The van der Waals surface area contributed by atoms with Gasteiger partial charge in [0.2, 0.25) is 11.8 Å². The molecule has 6 heteroatoms. The molecular formula is C17H20F2N2O2. The van der Waals surface area contributed by atoms with Gasteiger partial charge in [0.1, 0.15) is 0 Å². The van der Waals surface area contributed by atoms with Crippen molar-refractivity contribution < 1.29 is 18.4 Å². The summed E-state index contributed by atoms with van der Waals surface area (Å²) in [6.07, 6.45) is -0.186. The number of alkyl halides is 2. The van der Waals surface area contributed by atoms with Gasteiger partial charge < -0.3 is 9.80 Å². The number of piperidine rings is 1. The number of nitrogens with zero attached hydrogens (tertiary/aromatic N) is 2. The number of hydrogen-bond acceptors (Lipinski definition) is 2. The summed E-state index contributed by atoms with van der Waals surface area (Å²) in [6, 6.07) is 9.75. The lowest BCUT2D eigenvalue weighted by Gasteiger charge is -2.32. The zero-order valence-electron chi connectivity index (χ0n) is 12.9. The Balaban J connectivity index is 1.56. The molecule has 2 saturated heterocycles. The van der Waals surface area contributed by atoms with Crippen LogP contribution in [0.5, 0.6) is 0 Å². The number of amides is 2. The molecule has 2 fully saturated rings. The second-order valence-electron chi connectivity index (χ2n) is 6.32. The Morgan fingerprint density at radius 1 is 1.17 bits per heavy atom. The molecule has 0 radical (unpaired) electrons. The highest BCUT2D eigenvalue weighted by atomic mass is 19.3. The van der Waals surface area contributed by atoms with Crippen LogP contribution in [0, 0.1) is 0 Å². The minimum atomic E-state index is -2.67. The molecule has 0 aliphatic carbocycles. The van der Waals surface area contributed by atoms with Crippen LogP contribution in [0.2, 0.25) is 0 Å². The lowest BCUT2D eigenvalue weighted by molar-refractivity contribution is -0.142. The van der Waals surface area contributed by atoms with Crippen LogP contribution in [0.25, 0.3) is 0 Å². The van der Waals surface area contributed by atoms with Gasteiger partial charge >= 0.3 is 0 Å². The lowest BCUT2D eigenvalue weighted by Crippen LogP contribution is -2.47. The van der Waals surface area contributed by atoms with Crippen LogP contribution in [-0.2, 0) is 9.59 Å². The molecular weight excluding hydrogens is 302 g/mol. The summed E-state index contributed by atoms with van der Waals surface area (Å²) in [6.45, 7) is 0.637. The molecule has 0 saturated carbocycles.